The van der Waals surface area contributed by atoms with Gasteiger partial charge in [-0.15, -0.1) is 5.10 Å². The summed E-state index contributed by atoms with van der Waals surface area (Å²) in [5.41, 5.74) is 3.89. The van der Waals surface area contributed by atoms with Crippen LogP contribution in [-0.2, 0) is 18.4 Å². The highest BCUT2D eigenvalue weighted by Crippen LogP contribution is 2.47. The highest BCUT2D eigenvalue weighted by Gasteiger charge is 2.44. The van der Waals surface area contributed by atoms with E-state index in [1.165, 1.54) is 30.5 Å². The molecule has 5 rings (SSSR count). The lowest BCUT2D eigenvalue weighted by atomic mass is 9.76. The van der Waals surface area contributed by atoms with Crippen LogP contribution in [0.3, 0.4) is 0 Å². The van der Waals surface area contributed by atoms with Gasteiger partial charge in [0, 0.05) is 29.3 Å². The van der Waals surface area contributed by atoms with Crippen molar-refractivity contribution in [3.63, 3.8) is 0 Å². The zero-order valence-electron chi connectivity index (χ0n) is 17.6. The molecule has 1 spiro atoms. The molecule has 1 fully saturated rings. The summed E-state index contributed by atoms with van der Waals surface area (Å²) in [6, 6.07) is 10.3. The van der Waals surface area contributed by atoms with Gasteiger partial charge in [0.15, 0.2) is 5.82 Å². The number of nitrogens with zero attached hydrogens (tertiary/aromatic N) is 6. The van der Waals surface area contributed by atoms with E-state index in [0.717, 1.165) is 56.4 Å². The lowest BCUT2D eigenvalue weighted by Gasteiger charge is -2.39. The van der Waals surface area contributed by atoms with Gasteiger partial charge in [0.05, 0.1) is 18.4 Å². The fourth-order valence-corrected chi connectivity index (χ4v) is 4.93. The second-order valence-corrected chi connectivity index (χ2v) is 8.40. The molecule has 0 radical (unpaired) electrons. The van der Waals surface area contributed by atoms with Crippen molar-refractivity contribution in [3.8, 4) is 11.4 Å². The smallest absolute Gasteiger partial charge is 0.161 e. The Morgan fingerprint density at radius 1 is 1.07 bits per heavy atom. The van der Waals surface area contributed by atoms with Crippen molar-refractivity contribution >= 4 is 5.82 Å². The van der Waals surface area contributed by atoms with Crippen molar-refractivity contribution in [1.82, 2.24) is 29.9 Å². The third-order valence-corrected chi connectivity index (χ3v) is 6.76. The van der Waals surface area contributed by atoms with E-state index in [4.69, 9.17) is 9.97 Å². The lowest BCUT2D eigenvalue weighted by molar-refractivity contribution is 0.162. The van der Waals surface area contributed by atoms with E-state index in [-0.39, 0.29) is 5.41 Å². The standard InChI is InChI=1S/C23H29N7/c1-2-29-14-10-23(11-15-29)9-8-19-20(23)26-21(18-6-4-3-5-7-18)27-22(19)24-12-16-30-17-13-25-28-30/h3-7,13,17H,2,8-12,14-16H2,1H3,(H,24,26,27). The number of rotatable bonds is 6. The molecule has 0 saturated carbocycles. The quantitative estimate of drug-likeness (QED) is 0.682. The van der Waals surface area contributed by atoms with E-state index in [1.54, 1.807) is 6.20 Å². The van der Waals surface area contributed by atoms with E-state index in [2.05, 4.69) is 51.7 Å². The van der Waals surface area contributed by atoms with Gasteiger partial charge in [-0.25, -0.2) is 9.97 Å². The van der Waals surface area contributed by atoms with Crippen LogP contribution >= 0.6 is 0 Å². The number of fused-ring (bicyclic) bond motifs is 2. The highest BCUT2D eigenvalue weighted by molar-refractivity contribution is 5.62. The predicted molar refractivity (Wildman–Crippen MR) is 117 cm³/mol. The van der Waals surface area contributed by atoms with Crippen LogP contribution in [0.1, 0.15) is 37.4 Å². The maximum absolute atomic E-state index is 5.17. The molecule has 1 aromatic carbocycles. The minimum Gasteiger partial charge on any atom is -0.368 e. The van der Waals surface area contributed by atoms with Gasteiger partial charge < -0.3 is 10.2 Å². The molecule has 1 saturated heterocycles. The van der Waals surface area contributed by atoms with E-state index < -0.39 is 0 Å². The number of anilines is 1. The Labute approximate surface area is 177 Å². The Kier molecular flexibility index (Phi) is 5.21. The summed E-state index contributed by atoms with van der Waals surface area (Å²) in [4.78, 5) is 12.7. The average molecular weight is 404 g/mol. The molecule has 2 aromatic heterocycles. The molecule has 3 heterocycles. The van der Waals surface area contributed by atoms with Crippen LogP contribution in [0, 0.1) is 0 Å². The maximum atomic E-state index is 5.17. The maximum Gasteiger partial charge on any atom is 0.161 e. The molecule has 7 heteroatoms. The first-order valence-electron chi connectivity index (χ1n) is 11.0. The molecular formula is C23H29N7. The van der Waals surface area contributed by atoms with Gasteiger partial charge in [-0.2, -0.15) is 0 Å². The van der Waals surface area contributed by atoms with Gasteiger partial charge >= 0.3 is 0 Å². The Morgan fingerprint density at radius 3 is 2.63 bits per heavy atom. The van der Waals surface area contributed by atoms with Crippen LogP contribution in [0.4, 0.5) is 5.82 Å². The van der Waals surface area contributed by atoms with Crippen LogP contribution in [0.2, 0.25) is 0 Å². The van der Waals surface area contributed by atoms with Crippen LogP contribution < -0.4 is 5.32 Å². The monoisotopic (exact) mass is 403 g/mol. The predicted octanol–water partition coefficient (Wildman–Crippen LogP) is 3.15. The van der Waals surface area contributed by atoms with Crippen LogP contribution in [0.5, 0.6) is 0 Å². The largest absolute Gasteiger partial charge is 0.368 e. The summed E-state index contributed by atoms with van der Waals surface area (Å²) in [5, 5.41) is 11.5. The molecule has 3 aromatic rings. The summed E-state index contributed by atoms with van der Waals surface area (Å²) >= 11 is 0. The fraction of sp³-hybridized carbons (Fsp3) is 0.478. The summed E-state index contributed by atoms with van der Waals surface area (Å²) in [6.45, 7) is 7.24. The molecule has 2 aliphatic rings. The van der Waals surface area contributed by atoms with E-state index in [9.17, 15) is 0 Å². The van der Waals surface area contributed by atoms with Crippen molar-refractivity contribution in [1.29, 1.82) is 0 Å². The Hall–Kier alpha value is -2.80. The molecule has 1 aliphatic carbocycles. The van der Waals surface area contributed by atoms with Gasteiger partial charge in [0.25, 0.3) is 0 Å². The number of hydrogen-bond acceptors (Lipinski definition) is 6. The minimum atomic E-state index is 0.204. The van der Waals surface area contributed by atoms with Gasteiger partial charge in [0.2, 0.25) is 0 Å². The van der Waals surface area contributed by atoms with Gasteiger partial charge in [-0.1, -0.05) is 42.5 Å². The van der Waals surface area contributed by atoms with Crippen molar-refractivity contribution in [2.24, 2.45) is 0 Å². The minimum absolute atomic E-state index is 0.204. The molecule has 1 aliphatic heterocycles. The Balaban J connectivity index is 1.47. The molecule has 0 atom stereocenters. The Morgan fingerprint density at radius 2 is 1.90 bits per heavy atom. The second-order valence-electron chi connectivity index (χ2n) is 8.40. The van der Waals surface area contributed by atoms with Crippen LogP contribution in [-0.4, -0.2) is 56.0 Å². The molecule has 156 valence electrons. The molecular weight excluding hydrogens is 374 g/mol. The summed E-state index contributed by atoms with van der Waals surface area (Å²) < 4.78 is 1.84. The lowest BCUT2D eigenvalue weighted by Crippen LogP contribution is -2.41. The molecule has 0 unspecified atom stereocenters. The summed E-state index contributed by atoms with van der Waals surface area (Å²) in [7, 11) is 0. The van der Waals surface area contributed by atoms with Gasteiger partial charge in [-0.05, 0) is 45.3 Å². The van der Waals surface area contributed by atoms with Crippen molar-refractivity contribution in [2.75, 3.05) is 31.5 Å². The highest BCUT2D eigenvalue weighted by atomic mass is 15.4. The number of hydrogen-bond donors (Lipinski definition) is 1. The van der Waals surface area contributed by atoms with Crippen molar-refractivity contribution < 1.29 is 0 Å². The number of benzene rings is 1. The summed E-state index contributed by atoms with van der Waals surface area (Å²) in [5.74, 6) is 1.82. The van der Waals surface area contributed by atoms with E-state index in [1.807, 2.05) is 16.9 Å². The number of piperidine rings is 1. The number of likely N-dealkylation sites (tertiary alicyclic amines) is 1. The second kappa shape index (κ2) is 8.14. The van der Waals surface area contributed by atoms with Crippen molar-refractivity contribution in [2.45, 2.75) is 44.6 Å². The van der Waals surface area contributed by atoms with Gasteiger partial charge in [0.1, 0.15) is 5.82 Å². The first-order valence-corrected chi connectivity index (χ1v) is 11.0. The van der Waals surface area contributed by atoms with Crippen molar-refractivity contribution in [3.05, 3.63) is 54.0 Å². The average Bonchev–Trinajstić information content (AvgIpc) is 3.44. The fourth-order valence-electron chi connectivity index (χ4n) is 4.93. The zero-order valence-corrected chi connectivity index (χ0v) is 17.6. The SMILES string of the molecule is CCN1CCC2(CCc3c(NCCn4ccnn4)nc(-c4ccccc4)nc32)CC1. The number of nitrogens with one attached hydrogen (secondary N) is 1. The van der Waals surface area contributed by atoms with Crippen LogP contribution in [0.25, 0.3) is 11.4 Å². The normalized spacial score (nSPS) is 17.9. The van der Waals surface area contributed by atoms with E-state index >= 15 is 0 Å². The topological polar surface area (TPSA) is 71.8 Å². The summed E-state index contributed by atoms with van der Waals surface area (Å²) in [6.07, 6.45) is 8.22. The Bertz CT molecular complexity index is 976. The molecule has 1 N–H and O–H groups in total. The van der Waals surface area contributed by atoms with Gasteiger partial charge in [-0.3, -0.25) is 4.68 Å². The molecule has 0 bridgehead atoms. The zero-order chi connectivity index (χ0) is 20.4. The van der Waals surface area contributed by atoms with E-state index in [0.29, 0.717) is 0 Å². The third-order valence-electron chi connectivity index (χ3n) is 6.76. The first kappa shape index (κ1) is 19.2. The number of aromatic nitrogens is 5. The molecule has 30 heavy (non-hydrogen) atoms. The van der Waals surface area contributed by atoms with Crippen LogP contribution in [0.15, 0.2) is 42.7 Å². The third kappa shape index (κ3) is 3.58. The molecule has 7 nitrogen and oxygen atoms in total. The molecule has 0 amide bonds. The first-order chi connectivity index (χ1) is 14.8.